The Morgan fingerprint density at radius 1 is 1.27 bits per heavy atom. The van der Waals surface area contributed by atoms with Crippen LogP contribution in [0.4, 0.5) is 33.3 Å². The molecule has 0 spiro atoms. The molecule has 0 radical (unpaired) electrons. The summed E-state index contributed by atoms with van der Waals surface area (Å²) in [6.07, 6.45) is -1.15. The third-order valence-electron chi connectivity index (χ3n) is 7.00. The van der Waals surface area contributed by atoms with Gasteiger partial charge < -0.3 is 20.3 Å². The number of aromatic nitrogens is 3. The summed E-state index contributed by atoms with van der Waals surface area (Å²) in [5.74, 6) is -4.24. The number of thiophene rings is 1. The summed E-state index contributed by atoms with van der Waals surface area (Å²) in [4.78, 5) is 32.7. The number of alkyl halides is 5. The number of carbonyl (C=O) groups is 2. The molecular formula is C26H27F5N6O3S. The fraction of sp³-hybridized carbons (Fsp3) is 0.462. The van der Waals surface area contributed by atoms with Crippen molar-refractivity contribution in [2.75, 3.05) is 23.4 Å². The van der Waals surface area contributed by atoms with E-state index >= 15 is 0 Å². The Morgan fingerprint density at radius 3 is 2.76 bits per heavy atom. The SMILES string of the molecule is Cn1cc(NC(=O)[C@H](CC2CCC(F)(F)C2)NC(=O)c2ccc(CN3CCOc4ncc(C(F)(F)F)cc43)s2)cn1. The van der Waals surface area contributed by atoms with E-state index in [1.165, 1.54) is 10.9 Å². The molecular weight excluding hydrogens is 571 g/mol. The molecule has 1 aliphatic carbocycles. The van der Waals surface area contributed by atoms with Crippen LogP contribution >= 0.6 is 11.3 Å². The Bertz CT molecular complexity index is 1420. The lowest BCUT2D eigenvalue weighted by molar-refractivity contribution is -0.137. The van der Waals surface area contributed by atoms with Gasteiger partial charge in [0, 0.05) is 37.2 Å². The topological polar surface area (TPSA) is 101 Å². The van der Waals surface area contributed by atoms with E-state index in [1.807, 2.05) is 0 Å². The van der Waals surface area contributed by atoms with Crippen LogP contribution in [-0.2, 0) is 24.6 Å². The second-order valence-electron chi connectivity index (χ2n) is 10.2. The summed E-state index contributed by atoms with van der Waals surface area (Å²) >= 11 is 1.12. The van der Waals surface area contributed by atoms with Crippen molar-refractivity contribution >= 4 is 34.5 Å². The molecule has 2 amide bonds. The first-order valence-electron chi connectivity index (χ1n) is 12.9. The summed E-state index contributed by atoms with van der Waals surface area (Å²) in [7, 11) is 1.67. The number of anilines is 2. The van der Waals surface area contributed by atoms with E-state index in [9.17, 15) is 31.5 Å². The van der Waals surface area contributed by atoms with Gasteiger partial charge in [-0.3, -0.25) is 14.3 Å². The second-order valence-corrected chi connectivity index (χ2v) is 11.4. The molecule has 1 unspecified atom stereocenters. The van der Waals surface area contributed by atoms with Gasteiger partial charge in [-0.2, -0.15) is 18.3 Å². The highest BCUT2D eigenvalue weighted by Gasteiger charge is 2.41. The van der Waals surface area contributed by atoms with Crippen LogP contribution in [-0.4, -0.2) is 51.7 Å². The average molecular weight is 599 g/mol. The number of pyridine rings is 1. The minimum absolute atomic E-state index is 0.0464. The summed E-state index contributed by atoms with van der Waals surface area (Å²) in [6, 6.07) is 3.16. The number of nitrogens with one attached hydrogen (secondary N) is 2. The lowest BCUT2D eigenvalue weighted by atomic mass is 9.97. The molecule has 2 N–H and O–H groups in total. The highest BCUT2D eigenvalue weighted by molar-refractivity contribution is 7.14. The molecule has 0 saturated heterocycles. The van der Waals surface area contributed by atoms with Gasteiger partial charge >= 0.3 is 6.18 Å². The maximum Gasteiger partial charge on any atom is 0.417 e. The molecule has 1 fully saturated rings. The number of amides is 2. The van der Waals surface area contributed by atoms with Gasteiger partial charge in [0.05, 0.1) is 35.4 Å². The number of ether oxygens (including phenoxy) is 1. The minimum atomic E-state index is -4.56. The molecule has 2 aliphatic rings. The van der Waals surface area contributed by atoms with Crippen molar-refractivity contribution in [3.05, 3.63) is 52.1 Å². The molecule has 0 aromatic carbocycles. The first kappa shape index (κ1) is 28.8. The van der Waals surface area contributed by atoms with Crippen LogP contribution in [0, 0.1) is 5.92 Å². The van der Waals surface area contributed by atoms with Gasteiger partial charge in [0.25, 0.3) is 5.91 Å². The molecule has 4 heterocycles. The summed E-state index contributed by atoms with van der Waals surface area (Å²) in [5.41, 5.74) is -0.291. The van der Waals surface area contributed by atoms with Crippen molar-refractivity contribution in [2.24, 2.45) is 13.0 Å². The largest absolute Gasteiger partial charge is 0.474 e. The van der Waals surface area contributed by atoms with E-state index in [1.54, 1.807) is 30.3 Å². The number of rotatable bonds is 8. The van der Waals surface area contributed by atoms with Gasteiger partial charge in [0.1, 0.15) is 18.3 Å². The molecule has 15 heteroatoms. The zero-order valence-corrected chi connectivity index (χ0v) is 22.7. The number of hydrogen-bond acceptors (Lipinski definition) is 7. The predicted molar refractivity (Wildman–Crippen MR) is 140 cm³/mol. The maximum atomic E-state index is 13.8. The molecule has 9 nitrogen and oxygen atoms in total. The van der Waals surface area contributed by atoms with Gasteiger partial charge in [-0.15, -0.1) is 11.3 Å². The first-order valence-corrected chi connectivity index (χ1v) is 13.7. The van der Waals surface area contributed by atoms with Crippen LogP contribution in [0.3, 0.4) is 0 Å². The lowest BCUT2D eigenvalue weighted by Crippen LogP contribution is -2.44. The quantitative estimate of drug-likeness (QED) is 0.360. The Kier molecular flexibility index (Phi) is 7.90. The smallest absolute Gasteiger partial charge is 0.417 e. The zero-order chi connectivity index (χ0) is 29.4. The molecule has 3 aromatic heterocycles. The number of nitrogens with zero attached hydrogens (tertiary/aromatic N) is 4. The normalized spacial score (nSPS) is 18.9. The van der Waals surface area contributed by atoms with E-state index in [0.717, 1.165) is 23.6 Å². The molecule has 2 atom stereocenters. The predicted octanol–water partition coefficient (Wildman–Crippen LogP) is 4.86. The molecule has 41 heavy (non-hydrogen) atoms. The van der Waals surface area contributed by atoms with E-state index in [4.69, 9.17) is 4.74 Å². The van der Waals surface area contributed by atoms with Crippen LogP contribution in [0.15, 0.2) is 36.8 Å². The Labute approximate surface area is 235 Å². The fourth-order valence-corrected chi connectivity index (χ4v) is 5.92. The Hall–Kier alpha value is -3.75. The average Bonchev–Trinajstić information content (AvgIpc) is 3.63. The number of fused-ring (bicyclic) bond motifs is 1. The zero-order valence-electron chi connectivity index (χ0n) is 21.9. The van der Waals surface area contributed by atoms with Gasteiger partial charge in [-0.25, -0.2) is 13.8 Å². The van der Waals surface area contributed by atoms with Crippen molar-refractivity contribution in [1.82, 2.24) is 20.1 Å². The van der Waals surface area contributed by atoms with E-state index in [-0.39, 0.29) is 55.3 Å². The van der Waals surface area contributed by atoms with Crippen LogP contribution < -0.4 is 20.3 Å². The molecule has 0 bridgehead atoms. The van der Waals surface area contributed by atoms with E-state index in [0.29, 0.717) is 17.1 Å². The van der Waals surface area contributed by atoms with Crippen molar-refractivity contribution in [3.8, 4) is 5.88 Å². The van der Waals surface area contributed by atoms with Crippen LogP contribution in [0.1, 0.15) is 45.8 Å². The van der Waals surface area contributed by atoms with Gasteiger partial charge in [-0.1, -0.05) is 0 Å². The number of aryl methyl sites for hydroxylation is 1. The highest BCUT2D eigenvalue weighted by atomic mass is 32.1. The number of carbonyl (C=O) groups excluding carboxylic acids is 2. The molecule has 220 valence electrons. The minimum Gasteiger partial charge on any atom is -0.474 e. The van der Waals surface area contributed by atoms with Crippen molar-refractivity contribution in [2.45, 2.75) is 50.4 Å². The van der Waals surface area contributed by atoms with Crippen LogP contribution in [0.25, 0.3) is 0 Å². The van der Waals surface area contributed by atoms with Gasteiger partial charge in [0.2, 0.25) is 17.7 Å². The fourth-order valence-electron chi connectivity index (χ4n) is 5.00. The maximum absolute atomic E-state index is 13.8. The third kappa shape index (κ3) is 6.94. The first-order chi connectivity index (χ1) is 19.4. The monoisotopic (exact) mass is 598 g/mol. The summed E-state index contributed by atoms with van der Waals surface area (Å²) in [6.45, 7) is 0.759. The molecule has 5 rings (SSSR count). The lowest BCUT2D eigenvalue weighted by Gasteiger charge is -2.30. The van der Waals surface area contributed by atoms with Crippen molar-refractivity contribution in [1.29, 1.82) is 0 Å². The third-order valence-corrected chi connectivity index (χ3v) is 8.07. The molecule has 1 saturated carbocycles. The standard InChI is InChI=1S/C26H27F5N6O3S/c1-36-13-17(12-33-36)34-22(38)19(8-15-4-5-25(27,28)10-15)35-23(39)21-3-2-18(41-21)14-37-6-7-40-24-20(37)9-16(11-32-24)26(29,30)31/h2-3,9,11-13,15,19H,4-8,10,14H2,1H3,(H,34,38)(H,35,39)/t15?,19-/m0/s1. The number of halogens is 5. The van der Waals surface area contributed by atoms with Crippen molar-refractivity contribution < 1.29 is 36.3 Å². The van der Waals surface area contributed by atoms with E-state index in [2.05, 4.69) is 20.7 Å². The Morgan fingerprint density at radius 2 is 2.07 bits per heavy atom. The number of hydrogen-bond donors (Lipinski definition) is 2. The summed E-state index contributed by atoms with van der Waals surface area (Å²) in [5, 5.41) is 9.35. The Balaban J connectivity index is 1.28. The van der Waals surface area contributed by atoms with E-state index < -0.39 is 41.4 Å². The van der Waals surface area contributed by atoms with Crippen molar-refractivity contribution in [3.63, 3.8) is 0 Å². The molecule has 3 aromatic rings. The van der Waals surface area contributed by atoms with Crippen LogP contribution in [0.5, 0.6) is 5.88 Å². The van der Waals surface area contributed by atoms with Gasteiger partial charge in [0.15, 0.2) is 0 Å². The van der Waals surface area contributed by atoms with Gasteiger partial charge in [-0.05, 0) is 37.0 Å². The molecule has 1 aliphatic heterocycles. The summed E-state index contributed by atoms with van der Waals surface area (Å²) < 4.78 is 74.3. The highest BCUT2D eigenvalue weighted by Crippen LogP contribution is 2.41. The van der Waals surface area contributed by atoms with Crippen LogP contribution in [0.2, 0.25) is 0 Å². The second kappa shape index (κ2) is 11.3.